The number of urea groups is 1. The molecule has 1 aromatic heterocycles. The first-order valence-electron chi connectivity index (χ1n) is 8.51. The Morgan fingerprint density at radius 1 is 1.22 bits per heavy atom. The van der Waals surface area contributed by atoms with Gasteiger partial charge in [0.05, 0.1) is 5.84 Å². The Balaban J connectivity index is 1.54. The van der Waals surface area contributed by atoms with Crippen molar-refractivity contribution in [1.82, 2.24) is 15.2 Å². The molecule has 3 amide bonds. The van der Waals surface area contributed by atoms with E-state index in [1.54, 1.807) is 24.3 Å². The Bertz CT molecular complexity index is 897. The zero-order chi connectivity index (χ0) is 19.2. The van der Waals surface area contributed by atoms with Crippen LogP contribution in [0.4, 0.5) is 10.6 Å². The highest BCUT2D eigenvalue weighted by Crippen LogP contribution is 2.15. The lowest BCUT2D eigenvalue weighted by Crippen LogP contribution is -2.34. The van der Waals surface area contributed by atoms with Gasteiger partial charge in [-0.25, -0.2) is 9.78 Å². The molecular weight excluding hydrogens is 342 g/mol. The number of carbonyl (C=O) groups excluding carboxylic acids is 2. The van der Waals surface area contributed by atoms with Crippen molar-refractivity contribution in [2.45, 2.75) is 19.4 Å². The van der Waals surface area contributed by atoms with Gasteiger partial charge in [-0.3, -0.25) is 20.8 Å². The fraction of sp³-hybridized carbons (Fsp3) is 0.200. The van der Waals surface area contributed by atoms with E-state index in [0.717, 1.165) is 24.9 Å². The minimum Gasteiger partial charge on any atom is -0.356 e. The molecule has 7 nitrogen and oxygen atoms in total. The summed E-state index contributed by atoms with van der Waals surface area (Å²) in [6, 6.07) is 9.52. The van der Waals surface area contributed by atoms with E-state index in [2.05, 4.69) is 21.5 Å². The van der Waals surface area contributed by atoms with Gasteiger partial charge in [-0.15, -0.1) is 6.42 Å². The maximum absolute atomic E-state index is 12.2. The highest BCUT2D eigenvalue weighted by Gasteiger charge is 2.17. The average molecular weight is 361 g/mol. The van der Waals surface area contributed by atoms with E-state index in [0.29, 0.717) is 29.3 Å². The molecule has 2 aromatic rings. The topological polar surface area (TPSA) is 98.2 Å². The summed E-state index contributed by atoms with van der Waals surface area (Å²) in [5, 5.41) is 12.6. The van der Waals surface area contributed by atoms with Crippen molar-refractivity contribution >= 4 is 23.6 Å². The third kappa shape index (κ3) is 4.70. The van der Waals surface area contributed by atoms with Crippen LogP contribution in [0.5, 0.6) is 0 Å². The minimum atomic E-state index is -0.671. The third-order valence-electron chi connectivity index (χ3n) is 4.21. The molecule has 1 aliphatic heterocycles. The number of nitrogens with zero attached hydrogens (tertiary/aromatic N) is 2. The summed E-state index contributed by atoms with van der Waals surface area (Å²) in [5.74, 6) is 2.87. The zero-order valence-corrected chi connectivity index (χ0v) is 14.7. The van der Waals surface area contributed by atoms with Crippen molar-refractivity contribution in [3.05, 3.63) is 59.3 Å². The van der Waals surface area contributed by atoms with E-state index in [-0.39, 0.29) is 0 Å². The van der Waals surface area contributed by atoms with Crippen molar-refractivity contribution in [2.75, 3.05) is 11.9 Å². The van der Waals surface area contributed by atoms with Crippen LogP contribution in [-0.2, 0) is 6.54 Å². The second kappa shape index (κ2) is 8.15. The Morgan fingerprint density at radius 3 is 2.59 bits per heavy atom. The highest BCUT2D eigenvalue weighted by molar-refractivity contribution is 6.07. The van der Waals surface area contributed by atoms with Crippen molar-refractivity contribution in [2.24, 2.45) is 0 Å². The molecule has 0 saturated carbocycles. The monoisotopic (exact) mass is 361 g/mol. The second-order valence-corrected chi connectivity index (χ2v) is 6.15. The quantitative estimate of drug-likeness (QED) is 0.729. The summed E-state index contributed by atoms with van der Waals surface area (Å²) in [7, 11) is 0. The lowest BCUT2D eigenvalue weighted by Gasteiger charge is -2.17. The Hall–Kier alpha value is -3.66. The zero-order valence-electron chi connectivity index (χ0n) is 14.7. The van der Waals surface area contributed by atoms with Gasteiger partial charge >= 0.3 is 6.03 Å². The Labute approximate surface area is 157 Å². The maximum Gasteiger partial charge on any atom is 0.327 e. The molecule has 0 spiro atoms. The van der Waals surface area contributed by atoms with Crippen LogP contribution in [0.1, 0.15) is 34.3 Å². The summed E-state index contributed by atoms with van der Waals surface area (Å²) in [5.41, 5.74) is 1.99. The molecule has 27 heavy (non-hydrogen) atoms. The van der Waals surface area contributed by atoms with Gasteiger partial charge in [-0.1, -0.05) is 18.1 Å². The van der Waals surface area contributed by atoms with Gasteiger partial charge in [-0.2, -0.15) is 0 Å². The minimum absolute atomic E-state index is 0.294. The molecular formula is C20H19N5O2. The van der Waals surface area contributed by atoms with E-state index < -0.39 is 11.9 Å². The van der Waals surface area contributed by atoms with Crippen molar-refractivity contribution in [1.29, 1.82) is 5.41 Å². The number of hydrogen-bond acceptors (Lipinski definition) is 4. The molecule has 3 N–H and O–H groups in total. The largest absolute Gasteiger partial charge is 0.356 e. The van der Waals surface area contributed by atoms with E-state index in [9.17, 15) is 9.59 Å². The van der Waals surface area contributed by atoms with E-state index in [1.807, 2.05) is 17.0 Å². The number of hydrogen-bond donors (Lipinski definition) is 3. The molecule has 0 atom stereocenters. The Kier molecular flexibility index (Phi) is 5.47. The first kappa shape index (κ1) is 18.1. The molecule has 0 radical (unpaired) electrons. The van der Waals surface area contributed by atoms with Crippen LogP contribution >= 0.6 is 0 Å². The standard InChI is InChI=1S/C20H19N5O2/c1-2-14-7-10-18(22-12-14)23-20(27)24-19(26)16-8-5-15(6-9-16)13-25-11-3-4-17(25)21/h1,5-10,12,21H,3-4,11,13H2,(H2,22,23,24,26,27). The van der Waals surface area contributed by atoms with Crippen LogP contribution in [0.15, 0.2) is 42.6 Å². The number of amides is 3. The first-order valence-corrected chi connectivity index (χ1v) is 8.51. The number of nitrogens with one attached hydrogen (secondary N) is 3. The molecule has 0 aliphatic carbocycles. The van der Waals surface area contributed by atoms with Gasteiger partial charge in [0.25, 0.3) is 5.91 Å². The van der Waals surface area contributed by atoms with Crippen molar-refractivity contribution in [3.8, 4) is 12.3 Å². The summed E-state index contributed by atoms with van der Waals surface area (Å²) in [6.45, 7) is 1.54. The van der Waals surface area contributed by atoms with E-state index >= 15 is 0 Å². The summed E-state index contributed by atoms with van der Waals surface area (Å²) < 4.78 is 0. The molecule has 2 heterocycles. The molecule has 0 bridgehead atoms. The number of aromatic nitrogens is 1. The van der Waals surface area contributed by atoms with Gasteiger partial charge in [0.2, 0.25) is 0 Å². The van der Waals surface area contributed by atoms with Crippen LogP contribution in [0.2, 0.25) is 0 Å². The van der Waals surface area contributed by atoms with E-state index in [1.165, 1.54) is 6.20 Å². The van der Waals surface area contributed by atoms with E-state index in [4.69, 9.17) is 11.8 Å². The smallest absolute Gasteiger partial charge is 0.327 e. The van der Waals surface area contributed by atoms with Crippen LogP contribution < -0.4 is 10.6 Å². The summed E-state index contributed by atoms with van der Waals surface area (Å²) in [4.78, 5) is 30.1. The average Bonchev–Trinajstić information content (AvgIpc) is 3.07. The van der Waals surface area contributed by atoms with Crippen LogP contribution in [0.25, 0.3) is 0 Å². The normalized spacial score (nSPS) is 13.1. The number of amidine groups is 1. The van der Waals surface area contributed by atoms with Crippen molar-refractivity contribution < 1.29 is 9.59 Å². The fourth-order valence-electron chi connectivity index (χ4n) is 2.76. The number of rotatable bonds is 4. The number of anilines is 1. The number of likely N-dealkylation sites (tertiary alicyclic amines) is 1. The number of carbonyl (C=O) groups is 2. The fourth-order valence-corrected chi connectivity index (χ4v) is 2.76. The van der Waals surface area contributed by atoms with Gasteiger partial charge < -0.3 is 4.90 Å². The lowest BCUT2D eigenvalue weighted by atomic mass is 10.1. The molecule has 1 aliphatic rings. The van der Waals surface area contributed by atoms with Crippen LogP contribution in [-0.4, -0.2) is 34.2 Å². The summed E-state index contributed by atoms with van der Waals surface area (Å²) in [6.07, 6.45) is 8.53. The number of benzene rings is 1. The molecule has 1 fully saturated rings. The molecule has 0 unspecified atom stereocenters. The number of pyridine rings is 1. The van der Waals surface area contributed by atoms with Gasteiger partial charge in [0.15, 0.2) is 0 Å². The van der Waals surface area contributed by atoms with Gasteiger partial charge in [-0.05, 0) is 36.2 Å². The maximum atomic E-state index is 12.2. The third-order valence-corrected chi connectivity index (χ3v) is 4.21. The SMILES string of the molecule is C#Cc1ccc(NC(=O)NC(=O)c2ccc(CN3CCCC3=N)cc2)nc1. The van der Waals surface area contributed by atoms with Crippen molar-refractivity contribution in [3.63, 3.8) is 0 Å². The molecule has 7 heteroatoms. The van der Waals surface area contributed by atoms with Crippen LogP contribution in [0.3, 0.4) is 0 Å². The van der Waals surface area contributed by atoms with Gasteiger partial charge in [0.1, 0.15) is 5.82 Å². The second-order valence-electron chi connectivity index (χ2n) is 6.15. The number of imide groups is 1. The first-order chi connectivity index (χ1) is 13.0. The molecule has 1 saturated heterocycles. The number of terminal acetylenes is 1. The lowest BCUT2D eigenvalue weighted by molar-refractivity contribution is 0.0967. The predicted molar refractivity (Wildman–Crippen MR) is 102 cm³/mol. The Morgan fingerprint density at radius 2 is 2.00 bits per heavy atom. The highest BCUT2D eigenvalue weighted by atomic mass is 16.2. The molecule has 136 valence electrons. The molecule has 1 aromatic carbocycles. The van der Waals surface area contributed by atoms with Gasteiger partial charge in [0, 0.05) is 36.8 Å². The predicted octanol–water partition coefficient (Wildman–Crippen LogP) is 2.60. The summed E-state index contributed by atoms with van der Waals surface area (Å²) >= 11 is 0. The van der Waals surface area contributed by atoms with Crippen LogP contribution in [0, 0.1) is 17.8 Å². The molecule has 3 rings (SSSR count).